The highest BCUT2D eigenvalue weighted by Crippen LogP contribution is 2.67. The average molecular weight is 489 g/mol. The van der Waals surface area contributed by atoms with Gasteiger partial charge in [-0.05, 0) is 74.2 Å². The van der Waals surface area contributed by atoms with Gasteiger partial charge in [0.05, 0.1) is 6.10 Å². The van der Waals surface area contributed by atoms with Gasteiger partial charge >= 0.3 is 5.97 Å². The number of ether oxygens (including phenoxy) is 1. The molecule has 3 saturated carbocycles. The Labute approximate surface area is 209 Å². The molecule has 3 fully saturated rings. The largest absolute Gasteiger partial charge is 0.458 e. The maximum Gasteiger partial charge on any atom is 0.306 e. The molecule has 0 aromatic heterocycles. The number of Topliss-reactive ketones (excluding diaryl/α,β-unsaturated/α-hetero) is 1. The first-order chi connectivity index (χ1) is 16.6. The number of esters is 1. The molecule has 4 rings (SSSR count). The molecule has 6 nitrogen and oxygen atoms in total. The molecular weight excluding hydrogens is 444 g/mol. The summed E-state index contributed by atoms with van der Waals surface area (Å²) in [4.78, 5) is 37.5. The van der Waals surface area contributed by atoms with Gasteiger partial charge in [-0.2, -0.15) is 0 Å². The van der Waals surface area contributed by atoms with E-state index in [-0.39, 0.29) is 34.9 Å². The van der Waals surface area contributed by atoms with E-state index in [1.165, 1.54) is 5.57 Å². The molecule has 4 aliphatic carbocycles. The Kier molecular flexibility index (Phi) is 7.64. The van der Waals surface area contributed by atoms with E-state index in [1.807, 2.05) is 13.0 Å². The lowest BCUT2D eigenvalue weighted by molar-refractivity contribution is -0.184. The summed E-state index contributed by atoms with van der Waals surface area (Å²) in [5.74, 6) is -0.271. The fourth-order valence-electron chi connectivity index (χ4n) is 8.36. The third kappa shape index (κ3) is 4.54. The van der Waals surface area contributed by atoms with Crippen molar-refractivity contribution in [1.29, 1.82) is 0 Å². The first-order valence-corrected chi connectivity index (χ1v) is 13.9. The lowest BCUT2D eigenvalue weighted by atomic mass is 9.45. The fraction of sp³-hybridized carbons (Fsp3) is 0.828. The maximum atomic E-state index is 13.3. The minimum atomic E-state index is -1.59. The van der Waals surface area contributed by atoms with E-state index in [0.717, 1.165) is 57.8 Å². The van der Waals surface area contributed by atoms with Gasteiger partial charge < -0.3 is 14.9 Å². The van der Waals surface area contributed by atoms with Crippen LogP contribution in [-0.4, -0.2) is 46.1 Å². The summed E-state index contributed by atoms with van der Waals surface area (Å²) in [7, 11) is 0. The van der Waals surface area contributed by atoms with Crippen molar-refractivity contribution < 1.29 is 29.3 Å². The van der Waals surface area contributed by atoms with Gasteiger partial charge in [0.25, 0.3) is 0 Å². The summed E-state index contributed by atoms with van der Waals surface area (Å²) in [5, 5.41) is 23.2. The number of carbonyl (C=O) groups is 3. The van der Waals surface area contributed by atoms with E-state index >= 15 is 0 Å². The predicted octanol–water partition coefficient (Wildman–Crippen LogP) is 4.69. The molecule has 0 heterocycles. The molecule has 196 valence electrons. The normalized spacial score (nSPS) is 40.4. The summed E-state index contributed by atoms with van der Waals surface area (Å²) in [5.41, 5.74) is -1.37. The van der Waals surface area contributed by atoms with Crippen molar-refractivity contribution in [2.45, 2.75) is 116 Å². The van der Waals surface area contributed by atoms with Gasteiger partial charge in [0.15, 0.2) is 12.4 Å². The summed E-state index contributed by atoms with van der Waals surface area (Å²) in [6, 6.07) is 0. The summed E-state index contributed by atoms with van der Waals surface area (Å²) in [6.07, 6.45) is 11.0. The molecule has 0 unspecified atom stereocenters. The summed E-state index contributed by atoms with van der Waals surface area (Å²) < 4.78 is 5.29. The lowest BCUT2D eigenvalue weighted by Crippen LogP contribution is -2.62. The van der Waals surface area contributed by atoms with E-state index in [9.17, 15) is 24.6 Å². The number of rotatable bonds is 9. The quantitative estimate of drug-likeness (QED) is 0.361. The van der Waals surface area contributed by atoms with Crippen LogP contribution in [0.4, 0.5) is 0 Å². The van der Waals surface area contributed by atoms with Crippen molar-refractivity contribution in [3.8, 4) is 0 Å². The molecule has 0 amide bonds. The van der Waals surface area contributed by atoms with Crippen LogP contribution in [0, 0.1) is 28.6 Å². The number of aliphatic hydroxyl groups excluding tert-OH is 1. The van der Waals surface area contributed by atoms with Crippen LogP contribution >= 0.6 is 0 Å². The second kappa shape index (κ2) is 10.1. The Morgan fingerprint density at radius 2 is 1.83 bits per heavy atom. The van der Waals surface area contributed by atoms with Crippen molar-refractivity contribution in [3.63, 3.8) is 0 Å². The molecular formula is C29H44O6. The minimum Gasteiger partial charge on any atom is -0.458 e. The second-order valence-corrected chi connectivity index (χ2v) is 12.2. The highest BCUT2D eigenvalue weighted by molar-refractivity contribution is 5.92. The Hall–Kier alpha value is -1.53. The molecule has 0 aliphatic heterocycles. The second-order valence-electron chi connectivity index (χ2n) is 12.2. The number of ketones is 2. The number of aliphatic hydroxyl groups is 2. The van der Waals surface area contributed by atoms with Crippen LogP contribution in [0.1, 0.15) is 104 Å². The molecule has 0 radical (unpaired) electrons. The van der Waals surface area contributed by atoms with Crippen molar-refractivity contribution in [1.82, 2.24) is 0 Å². The van der Waals surface area contributed by atoms with Crippen LogP contribution in [0.2, 0.25) is 0 Å². The number of hydrogen-bond donors (Lipinski definition) is 2. The highest BCUT2D eigenvalue weighted by atomic mass is 16.5. The maximum absolute atomic E-state index is 13.3. The van der Waals surface area contributed by atoms with E-state index in [2.05, 4.69) is 13.8 Å². The van der Waals surface area contributed by atoms with Crippen LogP contribution in [0.25, 0.3) is 0 Å². The molecule has 6 heteroatoms. The smallest absolute Gasteiger partial charge is 0.306 e. The van der Waals surface area contributed by atoms with Crippen LogP contribution < -0.4 is 0 Å². The molecule has 0 spiro atoms. The van der Waals surface area contributed by atoms with Crippen LogP contribution in [0.15, 0.2) is 11.6 Å². The SMILES string of the molecule is CCCCCCCC(=O)OCC(=O)[C@@]1(O)CC[C@@H]2[C@@H]3CCC4=CC(=O)CC[C@]4(C)[C@@H]3[C@@H](O)C[C@@]21C. The Bertz CT molecular complexity index is 878. The number of allylic oxidation sites excluding steroid dienone is 1. The number of carbonyl (C=O) groups excluding carboxylic acids is 3. The number of hydrogen-bond acceptors (Lipinski definition) is 6. The van der Waals surface area contributed by atoms with Gasteiger partial charge in [-0.15, -0.1) is 0 Å². The van der Waals surface area contributed by atoms with Gasteiger partial charge in [0.1, 0.15) is 5.60 Å². The zero-order valence-electron chi connectivity index (χ0n) is 21.8. The Morgan fingerprint density at radius 3 is 2.57 bits per heavy atom. The monoisotopic (exact) mass is 488 g/mol. The van der Waals surface area contributed by atoms with Gasteiger partial charge in [0.2, 0.25) is 5.78 Å². The van der Waals surface area contributed by atoms with E-state index in [1.54, 1.807) is 0 Å². The van der Waals surface area contributed by atoms with Crippen LogP contribution in [0.3, 0.4) is 0 Å². The Balaban J connectivity index is 1.43. The lowest BCUT2D eigenvalue weighted by Gasteiger charge is -2.60. The van der Waals surface area contributed by atoms with E-state index in [4.69, 9.17) is 4.74 Å². The molecule has 7 atom stereocenters. The van der Waals surface area contributed by atoms with Crippen molar-refractivity contribution in [3.05, 3.63) is 11.6 Å². The molecule has 0 bridgehead atoms. The van der Waals surface area contributed by atoms with Gasteiger partial charge in [-0.25, -0.2) is 0 Å². The van der Waals surface area contributed by atoms with Gasteiger partial charge in [-0.1, -0.05) is 52.0 Å². The van der Waals surface area contributed by atoms with Gasteiger partial charge in [0, 0.05) is 18.3 Å². The van der Waals surface area contributed by atoms with Crippen LogP contribution in [-0.2, 0) is 19.1 Å². The van der Waals surface area contributed by atoms with Crippen molar-refractivity contribution in [2.75, 3.05) is 6.61 Å². The third-order valence-electron chi connectivity index (χ3n) is 10.4. The Morgan fingerprint density at radius 1 is 1.09 bits per heavy atom. The molecule has 35 heavy (non-hydrogen) atoms. The van der Waals surface area contributed by atoms with E-state index < -0.39 is 29.5 Å². The third-order valence-corrected chi connectivity index (χ3v) is 10.4. The highest BCUT2D eigenvalue weighted by Gasteiger charge is 2.68. The molecule has 2 N–H and O–H groups in total. The standard InChI is InChI=1S/C29H44O6/c1-4-5-6-7-8-9-25(33)35-18-24(32)29(34)15-13-22-21-11-10-19-16-20(30)12-14-27(19,2)26(21)23(31)17-28(22,29)3/h16,21-23,26,31,34H,4-15,17-18H2,1-3H3/t21-,22+,23-,26-,27-,28-,29-/m0/s1. The summed E-state index contributed by atoms with van der Waals surface area (Å²) in [6.45, 7) is 5.90. The molecule has 4 aliphatic rings. The van der Waals surface area contributed by atoms with Crippen molar-refractivity contribution in [2.24, 2.45) is 28.6 Å². The minimum absolute atomic E-state index is 0.0386. The number of unbranched alkanes of at least 4 members (excludes halogenated alkanes) is 4. The number of fused-ring (bicyclic) bond motifs is 5. The van der Waals surface area contributed by atoms with E-state index in [0.29, 0.717) is 25.7 Å². The average Bonchev–Trinajstić information content (AvgIpc) is 3.08. The van der Waals surface area contributed by atoms with Crippen molar-refractivity contribution >= 4 is 17.5 Å². The zero-order chi connectivity index (χ0) is 25.4. The zero-order valence-corrected chi connectivity index (χ0v) is 21.8. The predicted molar refractivity (Wildman–Crippen MR) is 132 cm³/mol. The van der Waals surface area contributed by atoms with Gasteiger partial charge in [-0.3, -0.25) is 14.4 Å². The first kappa shape index (κ1) is 26.5. The topological polar surface area (TPSA) is 101 Å². The van der Waals surface area contributed by atoms with Crippen LogP contribution in [0.5, 0.6) is 0 Å². The molecule has 0 aromatic rings. The fourth-order valence-corrected chi connectivity index (χ4v) is 8.36. The molecule has 0 saturated heterocycles. The summed E-state index contributed by atoms with van der Waals surface area (Å²) >= 11 is 0. The molecule has 0 aromatic carbocycles. The first-order valence-electron chi connectivity index (χ1n) is 13.9.